The van der Waals surface area contributed by atoms with Crippen molar-refractivity contribution in [2.24, 2.45) is 4.99 Å². The van der Waals surface area contributed by atoms with Gasteiger partial charge >= 0.3 is 0 Å². The fraction of sp³-hybridized carbons (Fsp3) is 0.350. The molecule has 0 fully saturated rings. The fourth-order valence-electron chi connectivity index (χ4n) is 2.69. The van der Waals surface area contributed by atoms with Crippen molar-refractivity contribution in [1.82, 2.24) is 20.9 Å². The van der Waals surface area contributed by atoms with Gasteiger partial charge in [-0.05, 0) is 43.2 Å². The molecule has 156 valence electrons. The van der Waals surface area contributed by atoms with Gasteiger partial charge in [-0.1, -0.05) is 6.07 Å². The minimum absolute atomic E-state index is 0. The Kier molecular flexibility index (Phi) is 9.48. The van der Waals surface area contributed by atoms with E-state index in [0.29, 0.717) is 25.2 Å². The molecular formula is C20H26IN5O3. The lowest BCUT2D eigenvalue weighted by Gasteiger charge is -2.12. The number of amides is 1. The number of ether oxygens (including phenoxy) is 2. The minimum Gasteiger partial charge on any atom is -0.454 e. The maximum Gasteiger partial charge on any atom is 0.252 e. The highest BCUT2D eigenvalue weighted by molar-refractivity contribution is 14.0. The molecule has 2 aromatic rings. The Hall–Kier alpha value is -2.56. The quantitative estimate of drug-likeness (QED) is 0.217. The molecule has 0 radical (unpaired) electrons. The first-order valence-corrected chi connectivity index (χ1v) is 9.35. The summed E-state index contributed by atoms with van der Waals surface area (Å²) in [5, 5.41) is 9.27. The van der Waals surface area contributed by atoms with Crippen LogP contribution in [0.25, 0.3) is 0 Å². The molecule has 0 unspecified atom stereocenters. The number of hydrogen-bond donors (Lipinski definition) is 3. The third-order valence-corrected chi connectivity index (χ3v) is 4.08. The molecule has 1 aromatic heterocycles. The van der Waals surface area contributed by atoms with Crippen molar-refractivity contribution in [3.8, 4) is 11.5 Å². The summed E-state index contributed by atoms with van der Waals surface area (Å²) >= 11 is 0. The second-order valence-corrected chi connectivity index (χ2v) is 6.12. The third kappa shape index (κ3) is 7.08. The van der Waals surface area contributed by atoms with E-state index in [9.17, 15) is 4.79 Å². The molecule has 1 aliphatic heterocycles. The molecule has 0 saturated carbocycles. The molecule has 1 aromatic carbocycles. The molecule has 0 bridgehead atoms. The number of nitrogens with zero attached hydrogens (tertiary/aromatic N) is 2. The van der Waals surface area contributed by atoms with Gasteiger partial charge in [0.1, 0.15) is 0 Å². The summed E-state index contributed by atoms with van der Waals surface area (Å²) in [4.78, 5) is 20.5. The Balaban J connectivity index is 0.00000300. The number of guanidine groups is 1. The topological polar surface area (TPSA) is 96.9 Å². The summed E-state index contributed by atoms with van der Waals surface area (Å²) in [5.74, 6) is 2.16. The molecule has 9 heteroatoms. The van der Waals surface area contributed by atoms with Crippen LogP contribution in [0.2, 0.25) is 0 Å². The standard InChI is InChI=1S/C20H25N5O3.HI/c1-2-22-20(25-11-10-23-19(26)16-4-3-8-21-13-16)24-9-7-15-5-6-17-18(12-15)28-14-27-17;/h3-6,8,12-13H,2,7,9-11,14H2,1H3,(H,23,26)(H2,22,24,25);1H. The predicted molar refractivity (Wildman–Crippen MR) is 122 cm³/mol. The Morgan fingerprint density at radius 1 is 1.14 bits per heavy atom. The van der Waals surface area contributed by atoms with Crippen molar-refractivity contribution < 1.29 is 14.3 Å². The molecular weight excluding hydrogens is 485 g/mol. The predicted octanol–water partition coefficient (Wildman–Crippen LogP) is 1.96. The lowest BCUT2D eigenvalue weighted by atomic mass is 10.1. The van der Waals surface area contributed by atoms with Gasteiger partial charge in [0.2, 0.25) is 6.79 Å². The van der Waals surface area contributed by atoms with E-state index in [1.165, 1.54) is 0 Å². The van der Waals surface area contributed by atoms with Crippen LogP contribution in [0.1, 0.15) is 22.8 Å². The first kappa shape index (κ1) is 22.7. The summed E-state index contributed by atoms with van der Waals surface area (Å²) in [6, 6.07) is 9.42. The summed E-state index contributed by atoms with van der Waals surface area (Å²) in [7, 11) is 0. The number of nitrogens with one attached hydrogen (secondary N) is 3. The molecule has 1 aliphatic rings. The first-order valence-electron chi connectivity index (χ1n) is 9.35. The highest BCUT2D eigenvalue weighted by Gasteiger charge is 2.12. The van der Waals surface area contributed by atoms with Crippen LogP contribution in [0.4, 0.5) is 0 Å². The average molecular weight is 511 g/mol. The molecule has 1 amide bonds. The molecule has 29 heavy (non-hydrogen) atoms. The van der Waals surface area contributed by atoms with E-state index in [-0.39, 0.29) is 36.7 Å². The van der Waals surface area contributed by atoms with E-state index in [1.54, 1.807) is 24.5 Å². The van der Waals surface area contributed by atoms with Gasteiger partial charge in [-0.25, -0.2) is 0 Å². The number of carbonyl (C=O) groups is 1. The van der Waals surface area contributed by atoms with Crippen LogP contribution >= 0.6 is 24.0 Å². The molecule has 0 saturated heterocycles. The molecule has 8 nitrogen and oxygen atoms in total. The number of aliphatic imine (C=N–C) groups is 1. The zero-order valence-corrected chi connectivity index (χ0v) is 18.6. The molecule has 3 N–H and O–H groups in total. The van der Waals surface area contributed by atoms with Crippen molar-refractivity contribution in [3.05, 3.63) is 53.9 Å². The number of fused-ring (bicyclic) bond motifs is 1. The number of carbonyl (C=O) groups excluding carboxylic acids is 1. The summed E-state index contributed by atoms with van der Waals surface area (Å²) in [6.45, 7) is 4.75. The number of benzene rings is 1. The number of aromatic nitrogens is 1. The maximum atomic E-state index is 12.0. The van der Waals surface area contributed by atoms with Gasteiger partial charge in [-0.3, -0.25) is 14.8 Å². The first-order chi connectivity index (χ1) is 13.8. The Morgan fingerprint density at radius 2 is 1.97 bits per heavy atom. The number of rotatable bonds is 8. The number of hydrogen-bond acceptors (Lipinski definition) is 5. The molecule has 2 heterocycles. The lowest BCUT2D eigenvalue weighted by Crippen LogP contribution is -2.41. The van der Waals surface area contributed by atoms with E-state index in [4.69, 9.17) is 9.47 Å². The van der Waals surface area contributed by atoms with Gasteiger partial charge in [0.25, 0.3) is 5.91 Å². The second kappa shape index (κ2) is 12.1. The van der Waals surface area contributed by atoms with Gasteiger partial charge in [-0.2, -0.15) is 0 Å². The molecule has 0 spiro atoms. The van der Waals surface area contributed by atoms with E-state index < -0.39 is 0 Å². The second-order valence-electron chi connectivity index (χ2n) is 6.12. The molecule has 0 aliphatic carbocycles. The van der Waals surface area contributed by atoms with Gasteiger partial charge < -0.3 is 25.4 Å². The summed E-state index contributed by atoms with van der Waals surface area (Å²) in [6.07, 6.45) is 3.98. The van der Waals surface area contributed by atoms with Crippen LogP contribution in [-0.4, -0.2) is 49.8 Å². The minimum atomic E-state index is -0.139. The van der Waals surface area contributed by atoms with Gasteiger partial charge in [0.05, 0.1) is 5.56 Å². The van der Waals surface area contributed by atoms with Gasteiger partial charge in [0.15, 0.2) is 17.5 Å². The SMILES string of the molecule is CCNC(=NCCc1ccc2c(c1)OCO2)NCCNC(=O)c1cccnc1.I. The maximum absolute atomic E-state index is 12.0. The van der Waals surface area contributed by atoms with Crippen LogP contribution in [0.3, 0.4) is 0 Å². The van der Waals surface area contributed by atoms with Crippen molar-refractivity contribution >= 4 is 35.8 Å². The lowest BCUT2D eigenvalue weighted by molar-refractivity contribution is 0.0954. The monoisotopic (exact) mass is 511 g/mol. The van der Waals surface area contributed by atoms with Crippen LogP contribution in [-0.2, 0) is 6.42 Å². The van der Waals surface area contributed by atoms with Gasteiger partial charge in [-0.15, -0.1) is 24.0 Å². The smallest absolute Gasteiger partial charge is 0.252 e. The van der Waals surface area contributed by atoms with Crippen LogP contribution in [0.15, 0.2) is 47.7 Å². The number of halogens is 1. The van der Waals surface area contributed by atoms with Crippen molar-refractivity contribution in [1.29, 1.82) is 0 Å². The number of pyridine rings is 1. The average Bonchev–Trinajstić information content (AvgIpc) is 3.19. The zero-order valence-electron chi connectivity index (χ0n) is 16.3. The normalized spacial score (nSPS) is 12.1. The van der Waals surface area contributed by atoms with Crippen LogP contribution in [0, 0.1) is 0 Å². The van der Waals surface area contributed by atoms with Crippen molar-refractivity contribution in [2.45, 2.75) is 13.3 Å². The molecule has 0 atom stereocenters. The van der Waals surface area contributed by atoms with E-state index in [2.05, 4.69) is 25.9 Å². The Labute approximate surface area is 187 Å². The summed E-state index contributed by atoms with van der Waals surface area (Å²) < 4.78 is 10.7. The van der Waals surface area contributed by atoms with E-state index >= 15 is 0 Å². The third-order valence-electron chi connectivity index (χ3n) is 4.08. The summed E-state index contributed by atoms with van der Waals surface area (Å²) in [5.41, 5.74) is 1.69. The Bertz CT molecular complexity index is 817. The Morgan fingerprint density at radius 3 is 2.76 bits per heavy atom. The largest absolute Gasteiger partial charge is 0.454 e. The van der Waals surface area contributed by atoms with Crippen LogP contribution < -0.4 is 25.4 Å². The van der Waals surface area contributed by atoms with Crippen LogP contribution in [0.5, 0.6) is 11.5 Å². The highest BCUT2D eigenvalue weighted by Crippen LogP contribution is 2.32. The molecule has 3 rings (SSSR count). The highest BCUT2D eigenvalue weighted by atomic mass is 127. The van der Waals surface area contributed by atoms with Gasteiger partial charge in [0, 0.05) is 38.6 Å². The fourth-order valence-corrected chi connectivity index (χ4v) is 2.69. The van der Waals surface area contributed by atoms with E-state index in [1.807, 2.05) is 25.1 Å². The zero-order chi connectivity index (χ0) is 19.6. The van der Waals surface area contributed by atoms with Crippen molar-refractivity contribution in [3.63, 3.8) is 0 Å². The van der Waals surface area contributed by atoms with Crippen molar-refractivity contribution in [2.75, 3.05) is 33.0 Å². The van der Waals surface area contributed by atoms with E-state index in [0.717, 1.165) is 36.0 Å².